The Balaban J connectivity index is 2.17. The molecule has 0 spiro atoms. The van der Waals surface area contributed by atoms with E-state index in [0.717, 1.165) is 0 Å². The van der Waals surface area contributed by atoms with Crippen molar-refractivity contribution in [2.75, 3.05) is 13.2 Å². The average Bonchev–Trinajstić information content (AvgIpc) is 2.67. The molecule has 2 rings (SSSR count). The van der Waals surface area contributed by atoms with E-state index in [0.29, 0.717) is 19.0 Å². The Morgan fingerprint density at radius 2 is 2.14 bits per heavy atom. The van der Waals surface area contributed by atoms with Gasteiger partial charge in [0.15, 0.2) is 5.90 Å². The van der Waals surface area contributed by atoms with Crippen molar-refractivity contribution in [1.29, 1.82) is 0 Å². The summed E-state index contributed by atoms with van der Waals surface area (Å²) >= 11 is 0. The van der Waals surface area contributed by atoms with Crippen LogP contribution in [0, 0.1) is 6.92 Å². The SMILES string of the molecule is Cc1ccc(C2COC(CN)=N2)cc1. The van der Waals surface area contributed by atoms with Gasteiger partial charge in [-0.15, -0.1) is 0 Å². The van der Waals surface area contributed by atoms with Crippen LogP contribution in [0.3, 0.4) is 0 Å². The number of rotatable bonds is 2. The van der Waals surface area contributed by atoms with E-state index in [9.17, 15) is 0 Å². The predicted octanol–water partition coefficient (Wildman–Crippen LogP) is 1.42. The van der Waals surface area contributed by atoms with Crippen LogP contribution in [0.15, 0.2) is 29.3 Å². The van der Waals surface area contributed by atoms with Crippen molar-refractivity contribution in [2.45, 2.75) is 13.0 Å². The van der Waals surface area contributed by atoms with Gasteiger partial charge in [0.25, 0.3) is 0 Å². The van der Waals surface area contributed by atoms with Gasteiger partial charge in [0.1, 0.15) is 12.6 Å². The van der Waals surface area contributed by atoms with Gasteiger partial charge in [-0.25, -0.2) is 4.99 Å². The van der Waals surface area contributed by atoms with E-state index in [1.54, 1.807) is 0 Å². The highest BCUT2D eigenvalue weighted by Gasteiger charge is 2.18. The van der Waals surface area contributed by atoms with Crippen LogP contribution in [0.4, 0.5) is 0 Å². The Labute approximate surface area is 83.6 Å². The lowest BCUT2D eigenvalue weighted by atomic mass is 10.1. The fourth-order valence-corrected chi connectivity index (χ4v) is 1.49. The average molecular weight is 190 g/mol. The number of benzene rings is 1. The third-order valence-electron chi connectivity index (χ3n) is 2.34. The maximum Gasteiger partial charge on any atom is 0.198 e. The molecule has 3 heteroatoms. The molecule has 1 aliphatic rings. The molecule has 0 amide bonds. The first kappa shape index (κ1) is 9.21. The molecule has 2 N–H and O–H groups in total. The summed E-state index contributed by atoms with van der Waals surface area (Å²) in [5, 5.41) is 0. The molecule has 0 saturated carbocycles. The van der Waals surface area contributed by atoms with Crippen molar-refractivity contribution in [2.24, 2.45) is 10.7 Å². The summed E-state index contributed by atoms with van der Waals surface area (Å²) < 4.78 is 5.32. The Morgan fingerprint density at radius 3 is 2.71 bits per heavy atom. The van der Waals surface area contributed by atoms with Gasteiger partial charge >= 0.3 is 0 Å². The molecule has 0 saturated heterocycles. The van der Waals surface area contributed by atoms with Crippen LogP contribution in [-0.4, -0.2) is 19.0 Å². The second-order valence-electron chi connectivity index (χ2n) is 3.46. The molecular formula is C11H14N2O. The summed E-state index contributed by atoms with van der Waals surface area (Å²) in [5.74, 6) is 0.663. The van der Waals surface area contributed by atoms with Gasteiger partial charge in [-0.3, -0.25) is 0 Å². The Bertz CT molecular complexity index is 343. The van der Waals surface area contributed by atoms with E-state index in [2.05, 4.69) is 36.2 Å². The first-order chi connectivity index (χ1) is 6.79. The molecule has 0 fully saturated rings. The van der Waals surface area contributed by atoms with E-state index >= 15 is 0 Å². The number of ether oxygens (including phenoxy) is 1. The summed E-state index contributed by atoms with van der Waals surface area (Å²) in [4.78, 5) is 4.38. The maximum atomic E-state index is 5.44. The molecule has 1 aliphatic heterocycles. The highest BCUT2D eigenvalue weighted by molar-refractivity contribution is 5.79. The zero-order chi connectivity index (χ0) is 9.97. The van der Waals surface area contributed by atoms with Crippen LogP contribution in [0.5, 0.6) is 0 Å². The summed E-state index contributed by atoms with van der Waals surface area (Å²) in [6.45, 7) is 3.08. The van der Waals surface area contributed by atoms with Crippen molar-refractivity contribution in [1.82, 2.24) is 0 Å². The molecule has 14 heavy (non-hydrogen) atoms. The minimum atomic E-state index is 0.133. The van der Waals surface area contributed by atoms with Gasteiger partial charge < -0.3 is 10.5 Å². The molecule has 0 bridgehead atoms. The molecule has 1 aromatic carbocycles. The summed E-state index contributed by atoms with van der Waals surface area (Å²) in [6, 6.07) is 8.49. The Kier molecular flexibility index (Phi) is 2.50. The lowest BCUT2D eigenvalue weighted by Crippen LogP contribution is -2.13. The first-order valence-corrected chi connectivity index (χ1v) is 4.75. The van der Waals surface area contributed by atoms with Crippen LogP contribution in [0.1, 0.15) is 17.2 Å². The number of aliphatic imine (C=N–C) groups is 1. The second-order valence-corrected chi connectivity index (χ2v) is 3.46. The minimum Gasteiger partial charge on any atom is -0.477 e. The zero-order valence-electron chi connectivity index (χ0n) is 8.23. The van der Waals surface area contributed by atoms with Gasteiger partial charge in [-0.05, 0) is 12.5 Å². The molecule has 1 unspecified atom stereocenters. The lowest BCUT2D eigenvalue weighted by molar-refractivity contribution is 0.315. The van der Waals surface area contributed by atoms with Crippen molar-refractivity contribution < 1.29 is 4.74 Å². The number of aryl methyl sites for hydroxylation is 1. The molecule has 1 atom stereocenters. The fourth-order valence-electron chi connectivity index (χ4n) is 1.49. The van der Waals surface area contributed by atoms with E-state index in [1.165, 1.54) is 11.1 Å². The van der Waals surface area contributed by atoms with Gasteiger partial charge in [0.2, 0.25) is 0 Å². The fraction of sp³-hybridized carbons (Fsp3) is 0.364. The van der Waals surface area contributed by atoms with Gasteiger partial charge in [0, 0.05) is 0 Å². The van der Waals surface area contributed by atoms with Crippen molar-refractivity contribution in [3.63, 3.8) is 0 Å². The van der Waals surface area contributed by atoms with Gasteiger partial charge in [-0.1, -0.05) is 29.8 Å². The lowest BCUT2D eigenvalue weighted by Gasteiger charge is -2.04. The third-order valence-corrected chi connectivity index (χ3v) is 2.34. The number of hydrogen-bond donors (Lipinski definition) is 1. The molecular weight excluding hydrogens is 176 g/mol. The van der Waals surface area contributed by atoms with E-state index < -0.39 is 0 Å². The van der Waals surface area contributed by atoms with Gasteiger partial charge in [-0.2, -0.15) is 0 Å². The van der Waals surface area contributed by atoms with Crippen molar-refractivity contribution in [3.05, 3.63) is 35.4 Å². The molecule has 3 nitrogen and oxygen atoms in total. The van der Waals surface area contributed by atoms with Crippen molar-refractivity contribution in [3.8, 4) is 0 Å². The highest BCUT2D eigenvalue weighted by atomic mass is 16.5. The van der Waals surface area contributed by atoms with Crippen LogP contribution < -0.4 is 5.73 Å². The summed E-state index contributed by atoms with van der Waals surface area (Å²) in [6.07, 6.45) is 0. The molecule has 0 radical (unpaired) electrons. The molecule has 0 aliphatic carbocycles. The van der Waals surface area contributed by atoms with Gasteiger partial charge in [0.05, 0.1) is 6.54 Å². The quantitative estimate of drug-likeness (QED) is 0.766. The second kappa shape index (κ2) is 3.80. The smallest absolute Gasteiger partial charge is 0.198 e. The Morgan fingerprint density at radius 1 is 1.43 bits per heavy atom. The zero-order valence-corrected chi connectivity index (χ0v) is 8.23. The minimum absolute atomic E-state index is 0.133. The predicted molar refractivity (Wildman–Crippen MR) is 56.4 cm³/mol. The molecule has 1 aromatic rings. The van der Waals surface area contributed by atoms with Crippen LogP contribution in [0.2, 0.25) is 0 Å². The normalized spacial score (nSPS) is 20.4. The largest absolute Gasteiger partial charge is 0.477 e. The maximum absolute atomic E-state index is 5.44. The van der Waals surface area contributed by atoms with Crippen LogP contribution in [-0.2, 0) is 4.74 Å². The molecule has 1 heterocycles. The number of nitrogens with zero attached hydrogens (tertiary/aromatic N) is 1. The van der Waals surface area contributed by atoms with E-state index in [4.69, 9.17) is 10.5 Å². The first-order valence-electron chi connectivity index (χ1n) is 4.75. The standard InChI is InChI=1S/C11H14N2O/c1-8-2-4-9(5-3-8)10-7-14-11(6-12)13-10/h2-5,10H,6-7,12H2,1H3. The van der Waals surface area contributed by atoms with Crippen LogP contribution >= 0.6 is 0 Å². The van der Waals surface area contributed by atoms with Crippen LogP contribution in [0.25, 0.3) is 0 Å². The number of hydrogen-bond acceptors (Lipinski definition) is 3. The third kappa shape index (κ3) is 1.77. The Hall–Kier alpha value is -1.35. The van der Waals surface area contributed by atoms with Crippen molar-refractivity contribution >= 4 is 5.90 Å². The molecule has 74 valence electrons. The highest BCUT2D eigenvalue weighted by Crippen LogP contribution is 2.22. The topological polar surface area (TPSA) is 47.6 Å². The monoisotopic (exact) mass is 190 g/mol. The number of nitrogens with two attached hydrogens (primary N) is 1. The van der Waals surface area contributed by atoms with E-state index in [1.807, 2.05) is 0 Å². The summed E-state index contributed by atoms with van der Waals surface area (Å²) in [7, 11) is 0. The summed E-state index contributed by atoms with van der Waals surface area (Å²) in [5.41, 5.74) is 7.90. The molecule has 0 aromatic heterocycles. The van der Waals surface area contributed by atoms with E-state index in [-0.39, 0.29) is 6.04 Å².